The van der Waals surface area contributed by atoms with Crippen molar-refractivity contribution in [1.82, 2.24) is 4.90 Å². The molecule has 0 unspecified atom stereocenters. The number of aryl methyl sites for hydroxylation is 1. The van der Waals surface area contributed by atoms with E-state index in [2.05, 4.69) is 22.3 Å². The van der Waals surface area contributed by atoms with Gasteiger partial charge in [-0.05, 0) is 61.0 Å². The number of carbonyl (C=O) groups is 3. The maximum atomic E-state index is 13.3. The van der Waals surface area contributed by atoms with Crippen LogP contribution in [-0.4, -0.2) is 48.8 Å². The molecule has 1 fully saturated rings. The Morgan fingerprint density at radius 1 is 0.811 bits per heavy atom. The van der Waals surface area contributed by atoms with Crippen molar-refractivity contribution < 1.29 is 14.4 Å². The van der Waals surface area contributed by atoms with Crippen LogP contribution in [0.4, 0.5) is 17.1 Å². The van der Waals surface area contributed by atoms with Gasteiger partial charge in [0.25, 0.3) is 17.7 Å². The van der Waals surface area contributed by atoms with Crippen LogP contribution in [0.5, 0.6) is 0 Å². The van der Waals surface area contributed by atoms with Crippen molar-refractivity contribution >= 4 is 58.0 Å². The van der Waals surface area contributed by atoms with E-state index < -0.39 is 11.8 Å². The van der Waals surface area contributed by atoms with Gasteiger partial charge in [-0.1, -0.05) is 47.5 Å². The van der Waals surface area contributed by atoms with Gasteiger partial charge >= 0.3 is 0 Å². The summed E-state index contributed by atoms with van der Waals surface area (Å²) in [6, 6.07) is 21.7. The SMILES string of the molecule is Cc1ccc(C(=O)N2CCN(c3ccccc3)CC2)cc1NC1=C(Cl)C(=O)N(c2ccc(Cl)cc2)C1=O. The van der Waals surface area contributed by atoms with Gasteiger partial charge in [0, 0.05) is 48.1 Å². The normalized spacial score (nSPS) is 16.0. The number of nitrogens with one attached hydrogen (secondary N) is 1. The van der Waals surface area contributed by atoms with Gasteiger partial charge in [-0.2, -0.15) is 0 Å². The number of imide groups is 1. The Kier molecular flexibility index (Phi) is 6.91. The number of anilines is 3. The van der Waals surface area contributed by atoms with Crippen LogP contribution < -0.4 is 15.1 Å². The molecule has 0 radical (unpaired) electrons. The molecule has 2 aliphatic rings. The molecule has 9 heteroatoms. The van der Waals surface area contributed by atoms with Gasteiger partial charge < -0.3 is 15.1 Å². The molecule has 1 N–H and O–H groups in total. The lowest BCUT2D eigenvalue weighted by atomic mass is 10.1. The van der Waals surface area contributed by atoms with Crippen LogP contribution in [0.1, 0.15) is 15.9 Å². The molecule has 7 nitrogen and oxygen atoms in total. The van der Waals surface area contributed by atoms with E-state index in [1.165, 1.54) is 0 Å². The van der Waals surface area contributed by atoms with Gasteiger partial charge in [0.05, 0.1) is 5.69 Å². The van der Waals surface area contributed by atoms with Crippen LogP contribution in [0.3, 0.4) is 0 Å². The number of amides is 3. The highest BCUT2D eigenvalue weighted by atomic mass is 35.5. The second kappa shape index (κ2) is 10.3. The molecule has 0 bridgehead atoms. The molecule has 0 spiro atoms. The first-order chi connectivity index (χ1) is 17.8. The number of hydrogen-bond donors (Lipinski definition) is 1. The molecule has 3 amide bonds. The minimum absolute atomic E-state index is 0.0363. The van der Waals surface area contributed by atoms with Crippen molar-refractivity contribution in [3.63, 3.8) is 0 Å². The summed E-state index contributed by atoms with van der Waals surface area (Å²) < 4.78 is 0. The molecule has 3 aromatic carbocycles. The fourth-order valence-electron chi connectivity index (χ4n) is 4.45. The number of carbonyl (C=O) groups excluding carboxylic acids is 3. The van der Waals surface area contributed by atoms with Crippen LogP contribution in [0.15, 0.2) is 83.5 Å². The van der Waals surface area contributed by atoms with Crippen molar-refractivity contribution in [2.75, 3.05) is 41.3 Å². The van der Waals surface area contributed by atoms with Gasteiger partial charge in [-0.3, -0.25) is 14.4 Å². The first-order valence-corrected chi connectivity index (χ1v) is 12.6. The van der Waals surface area contributed by atoms with E-state index in [0.29, 0.717) is 35.1 Å². The first-order valence-electron chi connectivity index (χ1n) is 11.8. The highest BCUT2D eigenvalue weighted by molar-refractivity contribution is 6.53. The number of benzene rings is 3. The summed E-state index contributed by atoms with van der Waals surface area (Å²) in [5.41, 5.74) is 3.29. The zero-order chi connectivity index (χ0) is 26.1. The summed E-state index contributed by atoms with van der Waals surface area (Å²) in [6.07, 6.45) is 0. The molecular weight excluding hydrogens is 511 g/mol. The van der Waals surface area contributed by atoms with Crippen molar-refractivity contribution in [3.05, 3.63) is 99.7 Å². The lowest BCUT2D eigenvalue weighted by Crippen LogP contribution is -2.48. The molecule has 0 atom stereocenters. The number of para-hydroxylation sites is 1. The van der Waals surface area contributed by atoms with Crippen LogP contribution in [0, 0.1) is 6.92 Å². The summed E-state index contributed by atoms with van der Waals surface area (Å²) in [6.45, 7) is 4.54. The number of rotatable bonds is 5. The van der Waals surface area contributed by atoms with Crippen molar-refractivity contribution in [2.45, 2.75) is 6.92 Å². The molecule has 188 valence electrons. The monoisotopic (exact) mass is 534 g/mol. The topological polar surface area (TPSA) is 73.0 Å². The predicted octanol–water partition coefficient (Wildman–Crippen LogP) is 5.05. The number of halogens is 2. The van der Waals surface area contributed by atoms with Crippen molar-refractivity contribution in [2.24, 2.45) is 0 Å². The molecule has 5 rings (SSSR count). The fraction of sp³-hybridized carbons (Fsp3) is 0.179. The Hall–Kier alpha value is -3.81. The maximum Gasteiger partial charge on any atom is 0.283 e. The molecule has 2 aliphatic heterocycles. The second-order valence-electron chi connectivity index (χ2n) is 8.88. The van der Waals surface area contributed by atoms with Crippen LogP contribution >= 0.6 is 23.2 Å². The average molecular weight is 535 g/mol. The predicted molar refractivity (Wildman–Crippen MR) is 146 cm³/mol. The summed E-state index contributed by atoms with van der Waals surface area (Å²) in [7, 11) is 0. The van der Waals surface area contributed by atoms with Crippen LogP contribution in [0.25, 0.3) is 0 Å². The lowest BCUT2D eigenvalue weighted by Gasteiger charge is -2.36. The molecular formula is C28H24Cl2N4O3. The van der Waals surface area contributed by atoms with E-state index in [1.54, 1.807) is 36.4 Å². The molecule has 0 aromatic heterocycles. The van der Waals surface area contributed by atoms with Gasteiger partial charge in [0.1, 0.15) is 10.7 Å². The van der Waals surface area contributed by atoms with Gasteiger partial charge in [0.2, 0.25) is 0 Å². The third kappa shape index (κ3) is 4.92. The average Bonchev–Trinajstić information content (AvgIpc) is 3.13. The van der Waals surface area contributed by atoms with E-state index in [4.69, 9.17) is 23.2 Å². The minimum atomic E-state index is -0.627. The molecule has 1 saturated heterocycles. The standard InChI is InChI=1S/C28H24Cl2N4O3/c1-18-7-8-19(26(35)33-15-13-32(14-16-33)21-5-3-2-4-6-21)17-23(18)31-25-24(30)27(36)34(28(25)37)22-11-9-20(29)10-12-22/h2-12,17,31H,13-16H2,1H3. The molecule has 2 heterocycles. The highest BCUT2D eigenvalue weighted by Crippen LogP contribution is 2.32. The molecule has 0 aliphatic carbocycles. The Labute approximate surface area is 224 Å². The first kappa shape index (κ1) is 24.9. The second-order valence-corrected chi connectivity index (χ2v) is 9.70. The number of hydrogen-bond acceptors (Lipinski definition) is 5. The quantitative estimate of drug-likeness (QED) is 0.464. The van der Waals surface area contributed by atoms with Crippen LogP contribution in [-0.2, 0) is 9.59 Å². The third-order valence-electron chi connectivity index (χ3n) is 6.54. The summed E-state index contributed by atoms with van der Waals surface area (Å²) in [5.74, 6) is -1.30. The van der Waals surface area contributed by atoms with E-state index in [-0.39, 0.29) is 16.6 Å². The smallest absolute Gasteiger partial charge is 0.283 e. The van der Waals surface area contributed by atoms with Crippen molar-refractivity contribution in [3.8, 4) is 0 Å². The number of piperazine rings is 1. The highest BCUT2D eigenvalue weighted by Gasteiger charge is 2.39. The Bertz CT molecular complexity index is 1400. The van der Waals surface area contributed by atoms with Gasteiger partial charge in [-0.15, -0.1) is 0 Å². The largest absolute Gasteiger partial charge is 0.368 e. The zero-order valence-corrected chi connectivity index (χ0v) is 21.6. The molecule has 3 aromatic rings. The molecule has 0 saturated carbocycles. The minimum Gasteiger partial charge on any atom is -0.368 e. The molecule has 37 heavy (non-hydrogen) atoms. The van der Waals surface area contributed by atoms with E-state index in [9.17, 15) is 14.4 Å². The van der Waals surface area contributed by atoms with E-state index in [0.717, 1.165) is 29.2 Å². The Morgan fingerprint density at radius 2 is 1.49 bits per heavy atom. The van der Waals surface area contributed by atoms with Crippen molar-refractivity contribution in [1.29, 1.82) is 0 Å². The Morgan fingerprint density at radius 3 is 2.16 bits per heavy atom. The summed E-state index contributed by atoms with van der Waals surface area (Å²) >= 11 is 12.2. The van der Waals surface area contributed by atoms with E-state index in [1.807, 2.05) is 36.1 Å². The Balaban J connectivity index is 1.31. The van der Waals surface area contributed by atoms with E-state index >= 15 is 0 Å². The fourth-order valence-corrected chi connectivity index (χ4v) is 4.79. The summed E-state index contributed by atoms with van der Waals surface area (Å²) in [5, 5.41) is 3.28. The van der Waals surface area contributed by atoms with Gasteiger partial charge in [-0.25, -0.2) is 4.90 Å². The maximum absolute atomic E-state index is 13.3. The van der Waals surface area contributed by atoms with Gasteiger partial charge in [0.15, 0.2) is 0 Å². The van der Waals surface area contributed by atoms with Crippen LogP contribution in [0.2, 0.25) is 5.02 Å². The summed E-state index contributed by atoms with van der Waals surface area (Å²) in [4.78, 5) is 44.3. The third-order valence-corrected chi connectivity index (χ3v) is 7.15. The zero-order valence-electron chi connectivity index (χ0n) is 20.1. The number of nitrogens with zero attached hydrogens (tertiary/aromatic N) is 3. The lowest BCUT2D eigenvalue weighted by molar-refractivity contribution is -0.120.